The molecule has 0 saturated heterocycles. The Hall–Kier alpha value is -1.69. The molecule has 0 aromatic carbocycles. The van der Waals surface area contributed by atoms with Crippen molar-refractivity contribution in [2.75, 3.05) is 5.32 Å². The Morgan fingerprint density at radius 1 is 1.37 bits per heavy atom. The van der Waals surface area contributed by atoms with E-state index in [2.05, 4.69) is 5.32 Å². The molecule has 1 aliphatic carbocycles. The maximum Gasteiger partial charge on any atom is 0.349 e. The molecular formula is C13H15NO4S. The summed E-state index contributed by atoms with van der Waals surface area (Å²) >= 11 is 1.14. The second-order valence-electron chi connectivity index (χ2n) is 4.45. The molecule has 1 atom stereocenters. The first kappa shape index (κ1) is 13.7. The van der Waals surface area contributed by atoms with E-state index in [1.807, 2.05) is 0 Å². The Bertz CT molecular complexity index is 508. The summed E-state index contributed by atoms with van der Waals surface area (Å²) < 4.78 is 5.22. The van der Waals surface area contributed by atoms with Crippen LogP contribution in [0.4, 0.5) is 5.00 Å². The molecule has 1 aromatic heterocycles. The van der Waals surface area contributed by atoms with Crippen LogP contribution in [-0.4, -0.2) is 23.8 Å². The number of thiophene rings is 1. The van der Waals surface area contributed by atoms with Gasteiger partial charge in [0.25, 0.3) is 0 Å². The number of Topliss-reactive ketones (excluding diaryl/α,β-unsaturated/α-hetero) is 1. The monoisotopic (exact) mass is 281 g/mol. The minimum absolute atomic E-state index is 0.00163. The van der Waals surface area contributed by atoms with Gasteiger partial charge in [-0.1, -0.05) is 0 Å². The van der Waals surface area contributed by atoms with E-state index in [4.69, 9.17) is 4.74 Å². The van der Waals surface area contributed by atoms with Gasteiger partial charge in [0.05, 0.1) is 5.00 Å². The molecule has 1 saturated carbocycles. The average molecular weight is 281 g/mol. The van der Waals surface area contributed by atoms with Gasteiger partial charge in [-0.3, -0.25) is 9.59 Å². The number of hydrogen-bond acceptors (Lipinski definition) is 5. The molecule has 1 amide bonds. The molecule has 0 bridgehead atoms. The van der Waals surface area contributed by atoms with Crippen molar-refractivity contribution in [1.29, 1.82) is 0 Å². The molecule has 1 fully saturated rings. The van der Waals surface area contributed by atoms with Gasteiger partial charge in [-0.05, 0) is 31.4 Å². The molecular weight excluding hydrogens is 266 g/mol. The minimum Gasteiger partial charge on any atom is -0.450 e. The molecule has 0 spiro atoms. The fourth-order valence-corrected chi connectivity index (χ4v) is 2.79. The highest BCUT2D eigenvalue weighted by atomic mass is 32.1. The van der Waals surface area contributed by atoms with Crippen LogP contribution in [0.1, 0.15) is 42.3 Å². The summed E-state index contributed by atoms with van der Waals surface area (Å²) in [4.78, 5) is 34.7. The number of ether oxygens (including phenoxy) is 1. The Morgan fingerprint density at radius 3 is 2.84 bits per heavy atom. The number of anilines is 1. The summed E-state index contributed by atoms with van der Waals surface area (Å²) in [5, 5.41) is 3.19. The third-order valence-electron chi connectivity index (χ3n) is 2.85. The average Bonchev–Trinajstić information content (AvgIpc) is 2.79. The third kappa shape index (κ3) is 3.64. The van der Waals surface area contributed by atoms with Crippen LogP contribution in [0.2, 0.25) is 0 Å². The molecule has 5 nitrogen and oxygen atoms in total. The summed E-state index contributed by atoms with van der Waals surface area (Å²) in [6.45, 7) is 1.40. The Morgan fingerprint density at radius 2 is 2.16 bits per heavy atom. The maximum atomic E-state index is 11.9. The molecule has 2 rings (SSSR count). The van der Waals surface area contributed by atoms with Crippen molar-refractivity contribution in [3.05, 3.63) is 17.0 Å². The minimum atomic E-state index is -0.604. The number of ketones is 1. The predicted octanol–water partition coefficient (Wildman–Crippen LogP) is 2.38. The van der Waals surface area contributed by atoms with E-state index >= 15 is 0 Å². The predicted molar refractivity (Wildman–Crippen MR) is 71.3 cm³/mol. The van der Waals surface area contributed by atoms with Crippen molar-refractivity contribution in [2.24, 2.45) is 0 Å². The highest BCUT2D eigenvalue weighted by molar-refractivity contribution is 7.18. The quantitative estimate of drug-likeness (QED) is 0.863. The normalized spacial score (nSPS) is 19.0. The molecule has 6 heteroatoms. The van der Waals surface area contributed by atoms with Crippen molar-refractivity contribution in [3.63, 3.8) is 0 Å². The number of carbonyl (C=O) groups excluding carboxylic acids is 3. The lowest BCUT2D eigenvalue weighted by Gasteiger charge is -2.20. The van der Waals surface area contributed by atoms with Crippen LogP contribution >= 0.6 is 11.3 Å². The van der Waals surface area contributed by atoms with Gasteiger partial charge in [0.2, 0.25) is 5.91 Å². The van der Waals surface area contributed by atoms with Crippen LogP contribution in [0.25, 0.3) is 0 Å². The Kier molecular flexibility index (Phi) is 4.31. The fraction of sp³-hybridized carbons (Fsp3) is 0.462. The van der Waals surface area contributed by atoms with E-state index in [0.717, 1.165) is 24.2 Å². The van der Waals surface area contributed by atoms with Crippen molar-refractivity contribution >= 4 is 34.0 Å². The summed E-state index contributed by atoms with van der Waals surface area (Å²) in [5.74, 6) is -0.690. The van der Waals surface area contributed by atoms with Crippen molar-refractivity contribution in [3.8, 4) is 0 Å². The molecule has 1 unspecified atom stereocenters. The van der Waals surface area contributed by atoms with E-state index in [9.17, 15) is 14.4 Å². The van der Waals surface area contributed by atoms with Crippen molar-refractivity contribution in [2.45, 2.75) is 38.7 Å². The van der Waals surface area contributed by atoms with Gasteiger partial charge in [0.15, 0.2) is 11.9 Å². The smallest absolute Gasteiger partial charge is 0.349 e. The Balaban J connectivity index is 1.97. The van der Waals surface area contributed by atoms with Gasteiger partial charge in [0, 0.05) is 13.3 Å². The number of hydrogen-bond donors (Lipinski definition) is 1. The van der Waals surface area contributed by atoms with Crippen molar-refractivity contribution < 1.29 is 19.1 Å². The van der Waals surface area contributed by atoms with E-state index in [1.165, 1.54) is 6.92 Å². The second-order valence-corrected chi connectivity index (χ2v) is 5.53. The molecule has 1 N–H and O–H groups in total. The number of esters is 1. The summed E-state index contributed by atoms with van der Waals surface area (Å²) in [6, 6.07) is 3.23. The van der Waals surface area contributed by atoms with Crippen LogP contribution in [0.5, 0.6) is 0 Å². The van der Waals surface area contributed by atoms with E-state index in [0.29, 0.717) is 22.7 Å². The molecule has 0 radical (unpaired) electrons. The van der Waals surface area contributed by atoms with Gasteiger partial charge in [0.1, 0.15) is 4.88 Å². The first-order chi connectivity index (χ1) is 9.06. The first-order valence-corrected chi connectivity index (χ1v) is 6.99. The largest absolute Gasteiger partial charge is 0.450 e. The van der Waals surface area contributed by atoms with Gasteiger partial charge < -0.3 is 10.1 Å². The van der Waals surface area contributed by atoms with Crippen LogP contribution in [0.15, 0.2) is 12.1 Å². The lowest BCUT2D eigenvalue weighted by atomic mass is 9.96. The molecule has 1 heterocycles. The van der Waals surface area contributed by atoms with Crippen molar-refractivity contribution in [1.82, 2.24) is 0 Å². The zero-order chi connectivity index (χ0) is 13.8. The molecule has 0 aliphatic heterocycles. The zero-order valence-corrected chi connectivity index (χ0v) is 11.4. The summed E-state index contributed by atoms with van der Waals surface area (Å²) in [6.07, 6.45) is 2.27. The van der Waals surface area contributed by atoms with Gasteiger partial charge in [-0.15, -0.1) is 11.3 Å². The Labute approximate surface area is 114 Å². The van der Waals surface area contributed by atoms with Crippen LogP contribution in [0.3, 0.4) is 0 Å². The summed E-state index contributed by atoms with van der Waals surface area (Å²) in [5.41, 5.74) is 0. The van der Waals surface area contributed by atoms with Crippen LogP contribution in [-0.2, 0) is 14.3 Å². The van der Waals surface area contributed by atoms with E-state index in [1.54, 1.807) is 12.1 Å². The topological polar surface area (TPSA) is 72.5 Å². The van der Waals surface area contributed by atoms with E-state index < -0.39 is 12.1 Å². The van der Waals surface area contributed by atoms with Gasteiger partial charge >= 0.3 is 5.97 Å². The van der Waals surface area contributed by atoms with Crippen LogP contribution in [0, 0.1) is 0 Å². The molecule has 102 valence electrons. The highest BCUT2D eigenvalue weighted by Crippen LogP contribution is 2.24. The second kappa shape index (κ2) is 5.97. The molecule has 19 heavy (non-hydrogen) atoms. The molecule has 1 aromatic rings. The number of amides is 1. The van der Waals surface area contributed by atoms with Crippen LogP contribution < -0.4 is 5.32 Å². The zero-order valence-electron chi connectivity index (χ0n) is 10.6. The number of nitrogens with one attached hydrogen (secondary N) is 1. The standard InChI is InChI=1S/C13H15NO4S/c1-8(15)14-12-7-6-11(19-12)13(17)18-10-5-3-2-4-9(10)16/h6-7,10H,2-5H2,1H3,(H,14,15). The van der Waals surface area contributed by atoms with Gasteiger partial charge in [-0.2, -0.15) is 0 Å². The number of rotatable bonds is 3. The first-order valence-electron chi connectivity index (χ1n) is 6.17. The molecule has 1 aliphatic rings. The van der Waals surface area contributed by atoms with E-state index in [-0.39, 0.29) is 11.7 Å². The van der Waals surface area contributed by atoms with Gasteiger partial charge in [-0.25, -0.2) is 4.79 Å². The lowest BCUT2D eigenvalue weighted by molar-refractivity contribution is -0.129. The SMILES string of the molecule is CC(=O)Nc1ccc(C(=O)OC2CCCCC2=O)s1. The number of carbonyl (C=O) groups is 3. The fourth-order valence-electron chi connectivity index (χ4n) is 1.95. The maximum absolute atomic E-state index is 11.9. The third-order valence-corrected chi connectivity index (χ3v) is 3.84. The highest BCUT2D eigenvalue weighted by Gasteiger charge is 2.26. The lowest BCUT2D eigenvalue weighted by Crippen LogP contribution is -2.29. The summed E-state index contributed by atoms with van der Waals surface area (Å²) in [7, 11) is 0.